The summed E-state index contributed by atoms with van der Waals surface area (Å²) >= 11 is 0. The maximum Gasteiger partial charge on any atom is 0.295 e. The van der Waals surface area contributed by atoms with E-state index >= 15 is 0 Å². The van der Waals surface area contributed by atoms with Crippen LogP contribution >= 0.6 is 0 Å². The normalized spacial score (nSPS) is 15.9. The third-order valence-electron chi connectivity index (χ3n) is 19.5. The van der Waals surface area contributed by atoms with Crippen LogP contribution in [0.15, 0.2) is 223 Å². The number of aryl methyl sites for hydroxylation is 1. The Morgan fingerprint density at radius 2 is 0.792 bits per heavy atom. The number of imide groups is 4. The summed E-state index contributed by atoms with van der Waals surface area (Å²) in [5.41, 5.74) is 7.33. The van der Waals surface area contributed by atoms with E-state index in [1.807, 2.05) is 109 Å². The van der Waals surface area contributed by atoms with Crippen molar-refractivity contribution in [2.24, 2.45) is 0 Å². The van der Waals surface area contributed by atoms with Gasteiger partial charge in [0, 0.05) is 77.4 Å². The van der Waals surface area contributed by atoms with E-state index in [1.165, 1.54) is 71.6 Å². The van der Waals surface area contributed by atoms with Crippen LogP contribution in [0.4, 0.5) is 22.7 Å². The van der Waals surface area contributed by atoms with Gasteiger partial charge in [0.15, 0.2) is 0 Å². The van der Waals surface area contributed by atoms with E-state index in [4.69, 9.17) is 0 Å². The van der Waals surface area contributed by atoms with Gasteiger partial charge in [-0.25, -0.2) is 19.6 Å². The number of fused-ring (bicyclic) bond motifs is 1. The number of rotatable bonds is 9. The van der Waals surface area contributed by atoms with Crippen LogP contribution in [0, 0.1) is 6.92 Å². The molecule has 0 aromatic heterocycles. The number of carbonyl (C=O) groups excluding carboxylic acids is 8. The van der Waals surface area contributed by atoms with Crippen LogP contribution in [0.5, 0.6) is 0 Å². The molecule has 456 valence electrons. The number of carbonyl (C=O) groups is 8. The maximum atomic E-state index is 15.0. The second kappa shape index (κ2) is 20.2. The van der Waals surface area contributed by atoms with Crippen molar-refractivity contribution in [3.63, 3.8) is 0 Å². The summed E-state index contributed by atoms with van der Waals surface area (Å²) in [6, 6.07) is 63.1. The molecular weight excluding hydrogens is 1220 g/mol. The minimum absolute atomic E-state index is 0.0178. The molecule has 0 fully saturated rings. The fourth-order valence-electron chi connectivity index (χ4n) is 15.2. The second-order valence-electron chi connectivity index (χ2n) is 24.5. The standard InChI is InChI=1S/C80H44N4O11S/c1-41-38-49(81-73(85)54-29-33-58-71-59(34-30-55(69(54)71)74(81)86)78(90)83(77(58)89)63-17-8-7-16-52(63)68-51-15-6-5-12-48(51)39-62(68)43-10-3-2-4-11-43)26-22-42(41)18-19-44-23-27-50(40-65(44)96(93,94)95)82-75(87)56-31-35-60-72-61(36-32-57(70(56)72)76(82)88)80(92)84(79(60)91)64-37-25-47-21-20-45-13-9-14-46-24-28-53(64)67(47)66(45)46/h2-40,68H,1H3,(H,93,94,95)/b19-18+. The summed E-state index contributed by atoms with van der Waals surface area (Å²) < 4.78 is 37.2. The molecule has 1 aliphatic carbocycles. The minimum Gasteiger partial charge on any atom is -0.282 e. The molecule has 16 heteroatoms. The van der Waals surface area contributed by atoms with Crippen molar-refractivity contribution in [2.45, 2.75) is 17.7 Å². The number of hydrogen-bond donors (Lipinski definition) is 1. The third-order valence-corrected chi connectivity index (χ3v) is 20.5. The molecule has 1 unspecified atom stereocenters. The third kappa shape index (κ3) is 7.81. The van der Waals surface area contributed by atoms with Crippen molar-refractivity contribution in [1.82, 2.24) is 0 Å². The van der Waals surface area contributed by atoms with Gasteiger partial charge in [0.1, 0.15) is 4.90 Å². The summed E-state index contributed by atoms with van der Waals surface area (Å²) in [6.07, 6.45) is 5.11. The van der Waals surface area contributed by atoms with Crippen molar-refractivity contribution >= 4 is 158 Å². The van der Waals surface area contributed by atoms with Gasteiger partial charge in [0.25, 0.3) is 57.4 Å². The number of hydrogen-bond acceptors (Lipinski definition) is 10. The van der Waals surface area contributed by atoms with Crippen molar-refractivity contribution in [1.29, 1.82) is 0 Å². The maximum absolute atomic E-state index is 15.0. The van der Waals surface area contributed by atoms with Gasteiger partial charge in [-0.3, -0.25) is 42.9 Å². The van der Waals surface area contributed by atoms with Gasteiger partial charge in [0.2, 0.25) is 0 Å². The van der Waals surface area contributed by atoms with Gasteiger partial charge in [0.05, 0.1) is 22.7 Å². The number of nitrogens with zero attached hydrogens (tertiary/aromatic N) is 4. The fourth-order valence-corrected chi connectivity index (χ4v) is 15.9. The summed E-state index contributed by atoms with van der Waals surface area (Å²) in [7, 11) is -5.05. The smallest absolute Gasteiger partial charge is 0.282 e. The van der Waals surface area contributed by atoms with Crippen LogP contribution in [-0.4, -0.2) is 60.2 Å². The van der Waals surface area contributed by atoms with Crippen molar-refractivity contribution < 1.29 is 51.3 Å². The average molecular weight is 1270 g/mol. The Morgan fingerprint density at radius 3 is 1.32 bits per heavy atom. The molecule has 96 heavy (non-hydrogen) atoms. The van der Waals surface area contributed by atoms with Crippen LogP contribution in [0.1, 0.15) is 128 Å². The Balaban J connectivity index is 0.620. The molecule has 4 aliphatic heterocycles. The lowest BCUT2D eigenvalue weighted by Crippen LogP contribution is -2.43. The van der Waals surface area contributed by atoms with Gasteiger partial charge in [-0.15, -0.1) is 0 Å². The molecule has 0 saturated carbocycles. The highest BCUT2D eigenvalue weighted by Gasteiger charge is 2.45. The highest BCUT2D eigenvalue weighted by Crippen LogP contribution is 2.51. The number of amides is 8. The monoisotopic (exact) mass is 1270 g/mol. The zero-order valence-electron chi connectivity index (χ0n) is 50.3. The molecule has 8 amide bonds. The number of para-hydroxylation sites is 1. The highest BCUT2D eigenvalue weighted by molar-refractivity contribution is 7.86. The Labute approximate surface area is 545 Å². The molecule has 0 bridgehead atoms. The van der Waals surface area contributed by atoms with Crippen molar-refractivity contribution in [2.75, 3.05) is 19.6 Å². The van der Waals surface area contributed by atoms with E-state index in [9.17, 15) is 51.3 Å². The number of anilines is 4. The molecule has 13 aromatic carbocycles. The Hall–Kier alpha value is -12.6. The zero-order valence-corrected chi connectivity index (χ0v) is 51.1. The number of allylic oxidation sites excluding steroid dienone is 1. The molecule has 18 rings (SSSR count). The van der Waals surface area contributed by atoms with Gasteiger partial charge in [-0.2, -0.15) is 8.42 Å². The van der Waals surface area contributed by atoms with Crippen molar-refractivity contribution in [3.8, 4) is 0 Å². The molecule has 1 N–H and O–H groups in total. The minimum atomic E-state index is -5.05. The SMILES string of the molecule is Cc1cc(N2C(=O)c3ccc4c5c(ccc(c35)C2=O)C(=O)N(c2ccccc2C2C(c3ccccc3)=Cc3ccccc32)C4=O)ccc1/C=C/c1ccc(N2C(=O)c3ccc4c5c(ccc(c35)C2=O)C(=O)N(c2ccc3ccc5cccc6ccc2c3c56)C4=O)cc1S(=O)(=O)O. The lowest BCUT2D eigenvalue weighted by molar-refractivity contribution is 0.0873. The average Bonchev–Trinajstić information content (AvgIpc) is 0.787. The predicted molar refractivity (Wildman–Crippen MR) is 368 cm³/mol. The zero-order chi connectivity index (χ0) is 65.5. The van der Waals surface area contributed by atoms with Gasteiger partial charge in [-0.05, 0) is 169 Å². The summed E-state index contributed by atoms with van der Waals surface area (Å²) in [5.74, 6) is -5.92. The van der Waals surface area contributed by atoms with Crippen molar-refractivity contribution in [3.05, 3.63) is 302 Å². The second-order valence-corrected chi connectivity index (χ2v) is 25.9. The highest BCUT2D eigenvalue weighted by atomic mass is 32.2. The molecule has 0 saturated heterocycles. The lowest BCUT2D eigenvalue weighted by Gasteiger charge is -2.33. The molecule has 0 spiro atoms. The summed E-state index contributed by atoms with van der Waals surface area (Å²) in [6.45, 7) is 1.72. The van der Waals surface area contributed by atoms with E-state index in [0.29, 0.717) is 27.9 Å². The summed E-state index contributed by atoms with van der Waals surface area (Å²) in [4.78, 5) is 122. The van der Waals surface area contributed by atoms with E-state index in [-0.39, 0.29) is 88.9 Å². The first-order valence-corrected chi connectivity index (χ1v) is 32.2. The Morgan fingerprint density at radius 1 is 0.365 bits per heavy atom. The predicted octanol–water partition coefficient (Wildman–Crippen LogP) is 15.5. The Kier molecular flexibility index (Phi) is 11.8. The van der Waals surface area contributed by atoms with E-state index in [0.717, 1.165) is 75.5 Å². The number of benzene rings is 13. The van der Waals surface area contributed by atoms with Crippen LogP contribution in [0.2, 0.25) is 0 Å². The van der Waals surface area contributed by atoms with E-state index < -0.39 is 62.3 Å². The fraction of sp³-hybridized carbons (Fsp3) is 0.0250. The van der Waals surface area contributed by atoms with Gasteiger partial charge >= 0.3 is 0 Å². The first kappa shape index (κ1) is 56.1. The largest absolute Gasteiger partial charge is 0.295 e. The quantitative estimate of drug-likeness (QED) is 0.0623. The molecule has 5 aliphatic rings. The summed E-state index contributed by atoms with van der Waals surface area (Å²) in [5, 5.41) is 6.20. The molecule has 13 aromatic rings. The van der Waals surface area contributed by atoms with Gasteiger partial charge in [-0.1, -0.05) is 146 Å². The molecule has 0 radical (unpaired) electrons. The van der Waals surface area contributed by atoms with Gasteiger partial charge < -0.3 is 0 Å². The Bertz CT molecular complexity index is 5950. The topological polar surface area (TPSA) is 204 Å². The molecular formula is C80H44N4O11S. The lowest BCUT2D eigenvalue weighted by atomic mass is 9.83. The van der Waals surface area contributed by atoms with Crippen LogP contribution in [-0.2, 0) is 10.1 Å². The van der Waals surface area contributed by atoms with Crippen LogP contribution < -0.4 is 19.6 Å². The first-order chi connectivity index (χ1) is 46.5. The van der Waals surface area contributed by atoms with E-state index in [1.54, 1.807) is 49.4 Å². The first-order valence-electron chi connectivity index (χ1n) is 30.8. The van der Waals surface area contributed by atoms with E-state index in [2.05, 4.69) is 12.1 Å². The molecule has 15 nitrogen and oxygen atoms in total. The van der Waals surface area contributed by atoms with Crippen LogP contribution in [0.25, 0.3) is 77.7 Å². The van der Waals surface area contributed by atoms with Crippen LogP contribution in [0.3, 0.4) is 0 Å². The molecule has 1 atom stereocenters. The molecule has 4 heterocycles.